The first-order chi connectivity index (χ1) is 9.52. The number of carbonyl (C=O) groups excluding carboxylic acids is 2. The summed E-state index contributed by atoms with van der Waals surface area (Å²) in [6.07, 6.45) is 7.57. The highest BCUT2D eigenvalue weighted by Gasteiger charge is 2.15. The summed E-state index contributed by atoms with van der Waals surface area (Å²) in [6.45, 7) is 8.99. The van der Waals surface area contributed by atoms with Gasteiger partial charge in [-0.25, -0.2) is 0 Å². The Hall–Kier alpha value is -1.71. The first kappa shape index (κ1) is 16.3. The van der Waals surface area contributed by atoms with E-state index in [0.717, 1.165) is 38.8 Å². The fraction of sp³-hybridized carbons (Fsp3) is 0.562. The molecule has 0 aliphatic carbocycles. The van der Waals surface area contributed by atoms with Gasteiger partial charge in [0, 0.05) is 24.9 Å². The largest absolute Gasteiger partial charge is 0.334 e. The smallest absolute Gasteiger partial charge is 0.249 e. The third kappa shape index (κ3) is 5.51. The molecule has 0 atom stereocenters. The Bertz CT molecular complexity index is 436. The molecule has 20 heavy (non-hydrogen) atoms. The Kier molecular flexibility index (Phi) is 6.91. The van der Waals surface area contributed by atoms with Gasteiger partial charge >= 0.3 is 0 Å². The van der Waals surface area contributed by atoms with Crippen LogP contribution in [0.2, 0.25) is 0 Å². The minimum atomic E-state index is -0.189. The Balaban J connectivity index is 2.73. The Morgan fingerprint density at radius 3 is 2.60 bits per heavy atom. The zero-order chi connectivity index (χ0) is 15.0. The van der Waals surface area contributed by atoms with Crippen molar-refractivity contribution in [1.82, 2.24) is 4.90 Å². The van der Waals surface area contributed by atoms with Crippen LogP contribution in [0.3, 0.4) is 0 Å². The Morgan fingerprint density at radius 1 is 1.20 bits per heavy atom. The first-order valence-electron chi connectivity index (χ1n) is 7.18. The molecule has 0 spiro atoms. The summed E-state index contributed by atoms with van der Waals surface area (Å²) in [5.74, 6) is -0.280. The van der Waals surface area contributed by atoms with E-state index >= 15 is 0 Å². The monoisotopic (exact) mass is 276 g/mol. The second-order valence-corrected chi connectivity index (χ2v) is 5.23. The maximum atomic E-state index is 12.3. The normalized spacial score (nSPS) is 17.7. The highest BCUT2D eigenvalue weighted by atomic mass is 16.2. The van der Waals surface area contributed by atoms with Crippen LogP contribution in [-0.4, -0.2) is 42.4 Å². The minimum absolute atomic E-state index is 0.0911. The van der Waals surface area contributed by atoms with Crippen molar-refractivity contribution in [3.05, 3.63) is 23.8 Å². The number of ketones is 1. The lowest BCUT2D eigenvalue weighted by Gasteiger charge is -2.22. The van der Waals surface area contributed by atoms with Gasteiger partial charge in [0.1, 0.15) is 0 Å². The second kappa shape index (κ2) is 8.46. The topological polar surface area (TPSA) is 49.7 Å². The predicted octanol–water partition coefficient (Wildman–Crippen LogP) is 2.55. The third-order valence-corrected chi connectivity index (χ3v) is 3.29. The third-order valence-electron chi connectivity index (χ3n) is 3.29. The van der Waals surface area contributed by atoms with Crippen LogP contribution in [0.15, 0.2) is 28.8 Å². The molecule has 0 unspecified atom stereocenters. The van der Waals surface area contributed by atoms with Crippen molar-refractivity contribution in [3.8, 4) is 0 Å². The predicted molar refractivity (Wildman–Crippen MR) is 82.0 cm³/mol. The van der Waals surface area contributed by atoms with Gasteiger partial charge in [-0.05, 0) is 38.3 Å². The number of rotatable bonds is 3. The number of carbonyl (C=O) groups is 2. The van der Waals surface area contributed by atoms with Crippen LogP contribution in [0, 0.1) is 0 Å². The maximum Gasteiger partial charge on any atom is 0.249 e. The SMILES string of the molecule is C=C(C)C(=O)/C=C(\C)C(=O)N1CC=NCCCCCC1. The maximum absolute atomic E-state index is 12.3. The van der Waals surface area contributed by atoms with Crippen LogP contribution in [0.4, 0.5) is 0 Å². The van der Waals surface area contributed by atoms with Crippen LogP contribution in [0.25, 0.3) is 0 Å². The van der Waals surface area contributed by atoms with E-state index in [2.05, 4.69) is 11.6 Å². The summed E-state index contributed by atoms with van der Waals surface area (Å²) < 4.78 is 0. The molecule has 1 heterocycles. The van der Waals surface area contributed by atoms with Crippen molar-refractivity contribution in [3.63, 3.8) is 0 Å². The average Bonchev–Trinajstić information content (AvgIpc) is 2.43. The molecule has 0 N–H and O–H groups in total. The lowest BCUT2D eigenvalue weighted by atomic mass is 10.1. The van der Waals surface area contributed by atoms with E-state index in [9.17, 15) is 9.59 Å². The van der Waals surface area contributed by atoms with Crippen LogP contribution < -0.4 is 0 Å². The highest BCUT2D eigenvalue weighted by Crippen LogP contribution is 2.08. The van der Waals surface area contributed by atoms with E-state index in [0.29, 0.717) is 17.7 Å². The van der Waals surface area contributed by atoms with E-state index in [4.69, 9.17) is 0 Å². The molecule has 0 fully saturated rings. The fourth-order valence-corrected chi connectivity index (χ4v) is 2.01. The molecule has 0 saturated heterocycles. The van der Waals surface area contributed by atoms with E-state index < -0.39 is 0 Å². The van der Waals surface area contributed by atoms with Crippen LogP contribution >= 0.6 is 0 Å². The molecule has 1 rings (SSSR count). The molecule has 0 radical (unpaired) electrons. The van der Waals surface area contributed by atoms with Gasteiger partial charge in [-0.3, -0.25) is 14.6 Å². The van der Waals surface area contributed by atoms with Crippen molar-refractivity contribution in [2.24, 2.45) is 4.99 Å². The molecule has 0 aromatic heterocycles. The van der Waals surface area contributed by atoms with E-state index in [1.807, 2.05) is 0 Å². The molecule has 1 aliphatic rings. The summed E-state index contributed by atoms with van der Waals surface area (Å²) in [6, 6.07) is 0. The molecule has 0 bridgehead atoms. The zero-order valence-corrected chi connectivity index (χ0v) is 12.5. The molecule has 4 heteroatoms. The summed E-state index contributed by atoms with van der Waals surface area (Å²) in [7, 11) is 0. The van der Waals surface area contributed by atoms with Gasteiger partial charge in [-0.15, -0.1) is 0 Å². The van der Waals surface area contributed by atoms with Gasteiger partial charge in [0.05, 0.1) is 6.54 Å². The molecule has 1 aliphatic heterocycles. The number of nitrogens with zero attached hydrogens (tertiary/aromatic N) is 2. The van der Waals surface area contributed by atoms with E-state index in [1.54, 1.807) is 25.0 Å². The number of hydrogen-bond donors (Lipinski definition) is 0. The second-order valence-electron chi connectivity index (χ2n) is 5.23. The van der Waals surface area contributed by atoms with Gasteiger partial charge in [-0.1, -0.05) is 19.4 Å². The molecule has 0 aromatic rings. The Morgan fingerprint density at radius 2 is 1.90 bits per heavy atom. The summed E-state index contributed by atoms with van der Waals surface area (Å²) in [4.78, 5) is 30.0. The van der Waals surface area contributed by atoms with Crippen molar-refractivity contribution in [2.75, 3.05) is 19.6 Å². The van der Waals surface area contributed by atoms with Crippen LogP contribution in [-0.2, 0) is 9.59 Å². The number of aliphatic imine (C=N–C) groups is 1. The van der Waals surface area contributed by atoms with Crippen molar-refractivity contribution in [1.29, 1.82) is 0 Å². The van der Waals surface area contributed by atoms with E-state index in [-0.39, 0.29) is 11.7 Å². The van der Waals surface area contributed by atoms with Crippen molar-refractivity contribution in [2.45, 2.75) is 39.5 Å². The lowest BCUT2D eigenvalue weighted by molar-refractivity contribution is -0.126. The molecule has 0 saturated carbocycles. The Labute approximate surface area is 121 Å². The standard InChI is InChI=1S/C16H24N2O2/c1-13(2)15(19)12-14(3)16(20)18-10-7-5-4-6-8-17-9-11-18/h9,12H,1,4-8,10-11H2,2-3H3/b14-12+,17-9?. The average molecular weight is 276 g/mol. The summed E-state index contributed by atoms with van der Waals surface area (Å²) in [5.41, 5.74) is 0.906. The molecule has 4 nitrogen and oxygen atoms in total. The minimum Gasteiger partial charge on any atom is -0.334 e. The molecule has 0 aromatic carbocycles. The quantitative estimate of drug-likeness (QED) is 0.744. The molecule has 110 valence electrons. The van der Waals surface area contributed by atoms with Gasteiger partial charge in [-0.2, -0.15) is 0 Å². The molecule has 1 amide bonds. The van der Waals surface area contributed by atoms with Crippen molar-refractivity contribution < 1.29 is 9.59 Å². The van der Waals surface area contributed by atoms with Crippen molar-refractivity contribution >= 4 is 17.9 Å². The first-order valence-corrected chi connectivity index (χ1v) is 7.18. The summed E-state index contributed by atoms with van der Waals surface area (Å²) in [5, 5.41) is 0. The van der Waals surface area contributed by atoms with Crippen LogP contribution in [0.1, 0.15) is 39.5 Å². The van der Waals surface area contributed by atoms with Gasteiger partial charge in [0.25, 0.3) is 0 Å². The zero-order valence-electron chi connectivity index (χ0n) is 12.5. The van der Waals surface area contributed by atoms with Crippen LogP contribution in [0.5, 0.6) is 0 Å². The molecular weight excluding hydrogens is 252 g/mol. The number of hydrogen-bond acceptors (Lipinski definition) is 3. The summed E-state index contributed by atoms with van der Waals surface area (Å²) >= 11 is 0. The van der Waals surface area contributed by atoms with Gasteiger partial charge in [0.15, 0.2) is 5.78 Å². The number of amides is 1. The number of allylic oxidation sites excluding steroid dienone is 2. The van der Waals surface area contributed by atoms with Gasteiger partial charge < -0.3 is 4.90 Å². The van der Waals surface area contributed by atoms with E-state index in [1.165, 1.54) is 6.08 Å². The highest BCUT2D eigenvalue weighted by molar-refractivity contribution is 6.08. The fourth-order valence-electron chi connectivity index (χ4n) is 2.01. The molecular formula is C16H24N2O2. The van der Waals surface area contributed by atoms with Gasteiger partial charge in [0.2, 0.25) is 5.91 Å². The lowest BCUT2D eigenvalue weighted by Crippen LogP contribution is -2.34.